The summed E-state index contributed by atoms with van der Waals surface area (Å²) in [6.07, 6.45) is 1.16. The van der Waals surface area contributed by atoms with Crippen LogP contribution in [0, 0.1) is 0 Å². The molecule has 1 amide bonds. The zero-order valence-electron chi connectivity index (χ0n) is 16.4. The third-order valence-electron chi connectivity index (χ3n) is 4.14. The van der Waals surface area contributed by atoms with Crippen LogP contribution in [0.15, 0.2) is 45.8 Å². The van der Waals surface area contributed by atoms with E-state index >= 15 is 0 Å². The van der Waals surface area contributed by atoms with Gasteiger partial charge in [-0.1, -0.05) is 48.0 Å². The Morgan fingerprint density at radius 1 is 1.21 bits per heavy atom. The minimum atomic E-state index is -3.30. The maximum absolute atomic E-state index is 12.3. The molecule has 2 aromatic carbocycles. The number of rotatable bonds is 5. The van der Waals surface area contributed by atoms with Crippen molar-refractivity contribution in [2.45, 2.75) is 31.1 Å². The van der Waals surface area contributed by atoms with Crippen LogP contribution < -0.4 is 10.1 Å². The van der Waals surface area contributed by atoms with Gasteiger partial charge in [-0.2, -0.15) is 0 Å². The van der Waals surface area contributed by atoms with Crippen molar-refractivity contribution in [3.05, 3.63) is 46.4 Å². The first-order valence-corrected chi connectivity index (χ1v) is 12.3. The van der Waals surface area contributed by atoms with Crippen molar-refractivity contribution in [2.75, 3.05) is 18.2 Å². The van der Waals surface area contributed by atoms with E-state index in [0.29, 0.717) is 21.1 Å². The van der Waals surface area contributed by atoms with Crippen LogP contribution in [-0.2, 0) is 20.0 Å². The van der Waals surface area contributed by atoms with Crippen LogP contribution in [-0.4, -0.2) is 32.2 Å². The summed E-state index contributed by atoms with van der Waals surface area (Å²) in [6.45, 7) is 6.07. The van der Waals surface area contributed by atoms with Gasteiger partial charge in [0, 0.05) is 16.3 Å². The molecule has 0 aliphatic carbocycles. The lowest BCUT2D eigenvalue weighted by molar-refractivity contribution is -0.118. The molecule has 0 bridgehead atoms. The lowest BCUT2D eigenvalue weighted by atomic mass is 9.86. The number of hydrogen-bond donors (Lipinski definition) is 1. The van der Waals surface area contributed by atoms with Crippen LogP contribution >= 0.6 is 27.3 Å². The molecule has 9 heteroatoms. The Hall–Kier alpha value is -1.97. The number of ether oxygens (including phenoxy) is 1. The minimum Gasteiger partial charge on any atom is -0.483 e. The normalized spacial score (nSPS) is 12.2. The van der Waals surface area contributed by atoms with E-state index < -0.39 is 9.84 Å². The number of nitrogens with zero attached hydrogens (tertiary/aromatic N) is 1. The molecule has 0 atom stereocenters. The smallest absolute Gasteiger partial charge is 0.264 e. The lowest BCUT2D eigenvalue weighted by Gasteiger charge is -2.23. The topological polar surface area (TPSA) is 85.4 Å². The molecule has 1 aromatic heterocycles. The second kappa shape index (κ2) is 8.04. The van der Waals surface area contributed by atoms with Gasteiger partial charge in [0.05, 0.1) is 15.1 Å². The number of nitrogens with one attached hydrogen (secondary N) is 1. The fourth-order valence-electron chi connectivity index (χ4n) is 2.70. The number of carbonyl (C=O) groups excluding carboxylic acids is 1. The van der Waals surface area contributed by atoms with E-state index in [-0.39, 0.29) is 22.8 Å². The zero-order chi connectivity index (χ0) is 21.4. The lowest BCUT2D eigenvalue weighted by Crippen LogP contribution is -2.21. The summed E-state index contributed by atoms with van der Waals surface area (Å²) in [5.41, 5.74) is 1.48. The summed E-state index contributed by atoms with van der Waals surface area (Å²) in [5.74, 6) is 0.313. The number of hydrogen-bond acceptors (Lipinski definition) is 6. The summed E-state index contributed by atoms with van der Waals surface area (Å²) in [4.78, 5) is 16.9. The van der Waals surface area contributed by atoms with E-state index in [2.05, 4.69) is 47.0 Å². The first kappa shape index (κ1) is 21.7. The van der Waals surface area contributed by atoms with Crippen LogP contribution in [0.5, 0.6) is 5.75 Å². The molecule has 0 radical (unpaired) electrons. The maximum Gasteiger partial charge on any atom is 0.264 e. The van der Waals surface area contributed by atoms with Crippen molar-refractivity contribution in [3.63, 3.8) is 0 Å². The van der Waals surface area contributed by atoms with E-state index in [9.17, 15) is 13.2 Å². The molecule has 1 heterocycles. The van der Waals surface area contributed by atoms with Crippen LogP contribution in [0.3, 0.4) is 0 Å². The number of anilines is 1. The second-order valence-corrected chi connectivity index (χ2v) is 11.6. The highest BCUT2D eigenvalue weighted by atomic mass is 79.9. The Morgan fingerprint density at radius 2 is 1.93 bits per heavy atom. The molecule has 3 aromatic rings. The number of fused-ring (bicyclic) bond motifs is 1. The third-order valence-corrected chi connectivity index (χ3v) is 6.68. The Kier molecular flexibility index (Phi) is 6.03. The molecular weight excluding hydrogens is 476 g/mol. The molecule has 3 rings (SSSR count). The average Bonchev–Trinajstić information content (AvgIpc) is 3.00. The van der Waals surface area contributed by atoms with E-state index in [1.807, 2.05) is 18.2 Å². The predicted octanol–water partition coefficient (Wildman–Crippen LogP) is 4.78. The summed E-state index contributed by atoms with van der Waals surface area (Å²) in [7, 11) is -3.30. The summed E-state index contributed by atoms with van der Waals surface area (Å²) < 4.78 is 30.8. The number of benzene rings is 2. The minimum absolute atomic E-state index is 0.139. The molecule has 0 fully saturated rings. The van der Waals surface area contributed by atoms with Gasteiger partial charge in [0.15, 0.2) is 21.6 Å². The van der Waals surface area contributed by atoms with Crippen LogP contribution in [0.4, 0.5) is 5.13 Å². The summed E-state index contributed by atoms with van der Waals surface area (Å²) in [6, 6.07) is 10.4. The molecule has 6 nitrogen and oxygen atoms in total. The van der Waals surface area contributed by atoms with E-state index in [0.717, 1.165) is 16.3 Å². The number of thiazole rings is 1. The molecular formula is C20H21BrN2O4S2. The zero-order valence-corrected chi connectivity index (χ0v) is 19.7. The van der Waals surface area contributed by atoms with E-state index in [1.165, 1.54) is 17.4 Å². The molecule has 0 saturated heterocycles. The largest absolute Gasteiger partial charge is 0.483 e. The number of aromatic nitrogens is 1. The maximum atomic E-state index is 12.3. The highest BCUT2D eigenvalue weighted by molar-refractivity contribution is 9.10. The van der Waals surface area contributed by atoms with Gasteiger partial charge in [0.25, 0.3) is 5.91 Å². The van der Waals surface area contributed by atoms with Crippen molar-refractivity contribution in [1.82, 2.24) is 4.98 Å². The molecule has 0 spiro atoms. The van der Waals surface area contributed by atoms with Gasteiger partial charge in [-0.3, -0.25) is 10.1 Å². The van der Waals surface area contributed by atoms with Crippen LogP contribution in [0.1, 0.15) is 26.3 Å². The highest BCUT2D eigenvalue weighted by Gasteiger charge is 2.20. The van der Waals surface area contributed by atoms with Gasteiger partial charge in [-0.25, -0.2) is 13.4 Å². The quantitative estimate of drug-likeness (QED) is 0.549. The molecule has 154 valence electrons. The molecule has 0 saturated carbocycles. The van der Waals surface area contributed by atoms with Gasteiger partial charge in [-0.15, -0.1) is 0 Å². The SMILES string of the molecule is CC(C)(C)c1cc(Br)ccc1OCC(=O)Nc1nc2ccc(S(C)(=O)=O)cc2s1. The number of carbonyl (C=O) groups is 1. The second-order valence-electron chi connectivity index (χ2n) is 7.65. The van der Waals surface area contributed by atoms with Crippen molar-refractivity contribution in [2.24, 2.45) is 0 Å². The van der Waals surface area contributed by atoms with Gasteiger partial charge in [0.1, 0.15) is 5.75 Å². The van der Waals surface area contributed by atoms with Gasteiger partial charge >= 0.3 is 0 Å². The van der Waals surface area contributed by atoms with E-state index in [4.69, 9.17) is 4.74 Å². The number of sulfone groups is 1. The van der Waals surface area contributed by atoms with Crippen molar-refractivity contribution in [3.8, 4) is 5.75 Å². The Labute approximate surface area is 182 Å². The fraction of sp³-hybridized carbons (Fsp3) is 0.300. The Balaban J connectivity index is 1.72. The number of halogens is 1. The Bertz CT molecular complexity index is 1180. The van der Waals surface area contributed by atoms with Crippen LogP contribution in [0.25, 0.3) is 10.2 Å². The highest BCUT2D eigenvalue weighted by Crippen LogP contribution is 2.34. The van der Waals surface area contributed by atoms with Crippen molar-refractivity contribution >= 4 is 58.4 Å². The molecule has 1 N–H and O–H groups in total. The molecule has 0 unspecified atom stereocenters. The van der Waals surface area contributed by atoms with Gasteiger partial charge in [-0.05, 0) is 41.8 Å². The van der Waals surface area contributed by atoms with Gasteiger partial charge in [0.2, 0.25) is 0 Å². The Morgan fingerprint density at radius 3 is 2.59 bits per heavy atom. The van der Waals surface area contributed by atoms with Crippen molar-refractivity contribution < 1.29 is 17.9 Å². The van der Waals surface area contributed by atoms with Crippen LogP contribution in [0.2, 0.25) is 0 Å². The summed E-state index contributed by atoms with van der Waals surface area (Å²) in [5, 5.41) is 3.11. The average molecular weight is 497 g/mol. The third kappa shape index (κ3) is 5.34. The predicted molar refractivity (Wildman–Crippen MR) is 120 cm³/mol. The van der Waals surface area contributed by atoms with Gasteiger partial charge < -0.3 is 4.74 Å². The fourth-order valence-corrected chi connectivity index (χ4v) is 4.71. The monoisotopic (exact) mass is 496 g/mol. The van der Waals surface area contributed by atoms with Crippen molar-refractivity contribution in [1.29, 1.82) is 0 Å². The summed E-state index contributed by atoms with van der Waals surface area (Å²) >= 11 is 4.69. The molecule has 0 aliphatic rings. The standard InChI is InChI=1S/C20H21BrN2O4S2/c1-20(2,3)14-9-12(21)5-8-16(14)27-11-18(24)23-19-22-15-7-6-13(29(4,25)26)10-17(15)28-19/h5-10H,11H2,1-4H3,(H,22,23,24). The number of amides is 1. The van der Waals surface area contributed by atoms with E-state index in [1.54, 1.807) is 12.1 Å². The first-order valence-electron chi connectivity index (χ1n) is 8.77. The molecule has 0 aliphatic heterocycles. The first-order chi connectivity index (χ1) is 13.4. The molecule has 29 heavy (non-hydrogen) atoms.